The Kier molecular flexibility index (Phi) is 6.62. The third-order valence-electron chi connectivity index (χ3n) is 3.83. The van der Waals surface area contributed by atoms with E-state index in [1.54, 1.807) is 24.3 Å². The lowest BCUT2D eigenvalue weighted by molar-refractivity contribution is -0.120. The fourth-order valence-electron chi connectivity index (χ4n) is 2.34. The third kappa shape index (κ3) is 4.54. The number of aromatic nitrogens is 2. The molecule has 2 rings (SSSR count). The molecule has 1 amide bonds. The molecule has 0 aliphatic carbocycles. The Bertz CT molecular complexity index is 889. The van der Waals surface area contributed by atoms with Crippen LogP contribution in [0.2, 0.25) is 0 Å². The number of benzene rings is 1. The van der Waals surface area contributed by atoms with Gasteiger partial charge in [0.15, 0.2) is 12.3 Å². The maximum atomic E-state index is 12.4. The maximum Gasteiger partial charge on any atom is 0.330 e. The molecule has 26 heavy (non-hydrogen) atoms. The van der Waals surface area contributed by atoms with Crippen molar-refractivity contribution < 1.29 is 9.53 Å². The van der Waals surface area contributed by atoms with Gasteiger partial charge in [0.2, 0.25) is 0 Å². The standard InChI is InChI=1S/C17H21BrN4O4/c1-3-4-9-22-15(19)14(16(24)20-17(22)25)21(2)13(23)10-26-12-7-5-11(18)6-8-12/h5-8H,3-4,9-10,19H2,1-2H3,(H,20,24,25). The van der Waals surface area contributed by atoms with E-state index < -0.39 is 17.2 Å². The molecule has 9 heteroatoms. The van der Waals surface area contributed by atoms with Crippen LogP contribution in [0, 0.1) is 0 Å². The van der Waals surface area contributed by atoms with Crippen LogP contribution >= 0.6 is 15.9 Å². The number of nitrogens with two attached hydrogens (primary N) is 1. The molecule has 0 saturated heterocycles. The van der Waals surface area contributed by atoms with Gasteiger partial charge >= 0.3 is 5.69 Å². The van der Waals surface area contributed by atoms with Crippen molar-refractivity contribution in [1.82, 2.24) is 9.55 Å². The first kappa shape index (κ1) is 19.8. The number of carbonyl (C=O) groups excluding carboxylic acids is 1. The number of nitrogen functional groups attached to an aromatic ring is 1. The summed E-state index contributed by atoms with van der Waals surface area (Å²) < 4.78 is 7.58. The number of hydrogen-bond donors (Lipinski definition) is 2. The van der Waals surface area contributed by atoms with Crippen molar-refractivity contribution >= 4 is 33.3 Å². The zero-order valence-corrected chi connectivity index (χ0v) is 16.2. The predicted molar refractivity (Wildman–Crippen MR) is 104 cm³/mol. The smallest absolute Gasteiger partial charge is 0.330 e. The van der Waals surface area contributed by atoms with Crippen molar-refractivity contribution in [3.8, 4) is 5.75 Å². The number of likely N-dealkylation sites (N-methyl/N-ethyl adjacent to an activating group) is 1. The molecule has 0 aliphatic rings. The van der Waals surface area contributed by atoms with Gasteiger partial charge in [-0.25, -0.2) is 4.79 Å². The lowest BCUT2D eigenvalue weighted by Gasteiger charge is -2.20. The zero-order valence-electron chi connectivity index (χ0n) is 14.6. The third-order valence-corrected chi connectivity index (χ3v) is 4.36. The van der Waals surface area contributed by atoms with E-state index in [9.17, 15) is 14.4 Å². The number of H-pyrrole nitrogens is 1. The zero-order chi connectivity index (χ0) is 19.3. The number of amides is 1. The van der Waals surface area contributed by atoms with E-state index in [0.29, 0.717) is 12.3 Å². The van der Waals surface area contributed by atoms with E-state index in [1.165, 1.54) is 11.6 Å². The highest BCUT2D eigenvalue weighted by Crippen LogP contribution is 2.18. The summed E-state index contributed by atoms with van der Waals surface area (Å²) >= 11 is 3.31. The van der Waals surface area contributed by atoms with Crippen LogP contribution in [0.1, 0.15) is 19.8 Å². The van der Waals surface area contributed by atoms with E-state index in [0.717, 1.165) is 22.2 Å². The molecule has 0 radical (unpaired) electrons. The van der Waals surface area contributed by atoms with Gasteiger partial charge in [-0.2, -0.15) is 0 Å². The number of ether oxygens (including phenoxy) is 1. The van der Waals surface area contributed by atoms with Gasteiger partial charge in [-0.15, -0.1) is 0 Å². The van der Waals surface area contributed by atoms with Crippen LogP contribution in [-0.2, 0) is 11.3 Å². The van der Waals surface area contributed by atoms with Crippen molar-refractivity contribution in [2.75, 3.05) is 24.3 Å². The van der Waals surface area contributed by atoms with Gasteiger partial charge in [0, 0.05) is 18.1 Å². The molecule has 0 spiro atoms. The molecule has 1 aromatic carbocycles. The molecule has 0 fully saturated rings. The molecule has 1 heterocycles. The molecule has 0 bridgehead atoms. The van der Waals surface area contributed by atoms with Crippen LogP contribution in [0.4, 0.5) is 11.5 Å². The number of nitrogens with one attached hydrogen (secondary N) is 1. The van der Waals surface area contributed by atoms with Crippen LogP contribution in [0.5, 0.6) is 5.75 Å². The average molecular weight is 425 g/mol. The number of hydrogen-bond acceptors (Lipinski definition) is 5. The predicted octanol–water partition coefficient (Wildman–Crippen LogP) is 1.72. The summed E-state index contributed by atoms with van der Waals surface area (Å²) in [6.45, 7) is 2.07. The van der Waals surface area contributed by atoms with E-state index in [-0.39, 0.29) is 18.1 Å². The second kappa shape index (κ2) is 8.70. The lowest BCUT2D eigenvalue weighted by Crippen LogP contribution is -2.40. The summed E-state index contributed by atoms with van der Waals surface area (Å²) in [5.74, 6) is 0.0160. The quantitative estimate of drug-likeness (QED) is 0.702. The van der Waals surface area contributed by atoms with E-state index in [2.05, 4.69) is 20.9 Å². The number of unbranched alkanes of at least 4 members (excludes halogenated alkanes) is 1. The van der Waals surface area contributed by atoms with Gasteiger partial charge in [-0.3, -0.25) is 19.1 Å². The highest BCUT2D eigenvalue weighted by atomic mass is 79.9. The Balaban J connectivity index is 2.20. The summed E-state index contributed by atoms with van der Waals surface area (Å²) in [5.41, 5.74) is 4.63. The monoisotopic (exact) mass is 424 g/mol. The SMILES string of the molecule is CCCCn1c(N)c(N(C)C(=O)COc2ccc(Br)cc2)c(=O)[nH]c1=O. The van der Waals surface area contributed by atoms with E-state index in [1.807, 2.05) is 6.92 Å². The fourth-order valence-corrected chi connectivity index (χ4v) is 2.60. The van der Waals surface area contributed by atoms with Crippen LogP contribution in [0.3, 0.4) is 0 Å². The van der Waals surface area contributed by atoms with Crippen LogP contribution < -0.4 is 26.6 Å². The average Bonchev–Trinajstić information content (AvgIpc) is 2.60. The first-order valence-corrected chi connectivity index (χ1v) is 8.92. The Morgan fingerprint density at radius 1 is 1.31 bits per heavy atom. The second-order valence-electron chi connectivity index (χ2n) is 5.69. The number of halogens is 1. The number of nitrogens with zero attached hydrogens (tertiary/aromatic N) is 2. The maximum absolute atomic E-state index is 12.4. The number of anilines is 2. The molecule has 3 N–H and O–H groups in total. The van der Waals surface area contributed by atoms with Crippen molar-refractivity contribution in [2.24, 2.45) is 0 Å². The van der Waals surface area contributed by atoms with Gasteiger partial charge < -0.3 is 15.4 Å². The van der Waals surface area contributed by atoms with Gasteiger partial charge in [0.05, 0.1) is 0 Å². The Hall–Kier alpha value is -2.55. The molecule has 0 saturated carbocycles. The molecule has 0 atom stereocenters. The second-order valence-corrected chi connectivity index (χ2v) is 6.61. The van der Waals surface area contributed by atoms with E-state index in [4.69, 9.17) is 10.5 Å². The molecular formula is C17H21BrN4O4. The summed E-state index contributed by atoms with van der Waals surface area (Å²) in [7, 11) is 1.42. The molecule has 140 valence electrons. The first-order chi connectivity index (χ1) is 12.3. The van der Waals surface area contributed by atoms with Crippen LogP contribution in [0.15, 0.2) is 38.3 Å². The van der Waals surface area contributed by atoms with Crippen molar-refractivity contribution in [2.45, 2.75) is 26.3 Å². The molecule has 1 aromatic heterocycles. The van der Waals surface area contributed by atoms with Gasteiger partial charge in [0.1, 0.15) is 11.6 Å². The summed E-state index contributed by atoms with van der Waals surface area (Å²) in [6.07, 6.45) is 1.58. The van der Waals surface area contributed by atoms with Crippen molar-refractivity contribution in [3.05, 3.63) is 49.6 Å². The summed E-state index contributed by atoms with van der Waals surface area (Å²) in [5, 5.41) is 0. The van der Waals surface area contributed by atoms with Gasteiger partial charge in [-0.05, 0) is 30.7 Å². The normalized spacial score (nSPS) is 10.6. The topological polar surface area (TPSA) is 110 Å². The number of aromatic amines is 1. The van der Waals surface area contributed by atoms with Crippen LogP contribution in [-0.4, -0.2) is 29.1 Å². The number of carbonyl (C=O) groups is 1. The summed E-state index contributed by atoms with van der Waals surface area (Å²) in [4.78, 5) is 39.8. The first-order valence-electron chi connectivity index (χ1n) is 8.12. The Labute approximate surface area is 158 Å². The minimum absolute atomic E-state index is 0.0355. The summed E-state index contributed by atoms with van der Waals surface area (Å²) in [6, 6.07) is 7.00. The highest BCUT2D eigenvalue weighted by molar-refractivity contribution is 9.10. The lowest BCUT2D eigenvalue weighted by atomic mass is 10.3. The van der Waals surface area contributed by atoms with E-state index >= 15 is 0 Å². The molecule has 0 unspecified atom stereocenters. The van der Waals surface area contributed by atoms with Crippen molar-refractivity contribution in [3.63, 3.8) is 0 Å². The largest absolute Gasteiger partial charge is 0.484 e. The Morgan fingerprint density at radius 2 is 1.96 bits per heavy atom. The minimum Gasteiger partial charge on any atom is -0.484 e. The molecular weight excluding hydrogens is 404 g/mol. The van der Waals surface area contributed by atoms with Gasteiger partial charge in [-0.1, -0.05) is 29.3 Å². The Morgan fingerprint density at radius 3 is 2.58 bits per heavy atom. The fraction of sp³-hybridized carbons (Fsp3) is 0.353. The van der Waals surface area contributed by atoms with Crippen molar-refractivity contribution in [1.29, 1.82) is 0 Å². The highest BCUT2D eigenvalue weighted by Gasteiger charge is 2.21. The minimum atomic E-state index is -0.709. The molecule has 0 aliphatic heterocycles. The number of rotatable bonds is 7. The molecule has 2 aromatic rings. The van der Waals surface area contributed by atoms with Crippen LogP contribution in [0.25, 0.3) is 0 Å². The van der Waals surface area contributed by atoms with Gasteiger partial charge in [0.25, 0.3) is 11.5 Å². The molecule has 8 nitrogen and oxygen atoms in total.